The topological polar surface area (TPSA) is 89.2 Å². The first kappa shape index (κ1) is 22.8. The molecule has 1 aromatic heterocycles. The number of hydrogen-bond acceptors (Lipinski definition) is 6. The zero-order chi connectivity index (χ0) is 24.7. The van der Waals surface area contributed by atoms with E-state index in [1.165, 1.54) is 6.07 Å². The predicted molar refractivity (Wildman–Crippen MR) is 131 cm³/mol. The fourth-order valence-electron chi connectivity index (χ4n) is 4.40. The molecule has 0 saturated heterocycles. The van der Waals surface area contributed by atoms with Gasteiger partial charge in [0.25, 0.3) is 5.91 Å². The van der Waals surface area contributed by atoms with E-state index in [0.717, 1.165) is 5.56 Å². The van der Waals surface area contributed by atoms with Crippen LogP contribution in [0.3, 0.4) is 0 Å². The molecule has 3 aromatic carbocycles. The largest absolute Gasteiger partial charge is 0.504 e. The van der Waals surface area contributed by atoms with Crippen molar-refractivity contribution in [3.63, 3.8) is 0 Å². The number of rotatable bonds is 6. The fraction of sp³-hybridized carbons (Fsp3) is 0.185. The van der Waals surface area contributed by atoms with Crippen LogP contribution in [-0.4, -0.2) is 29.6 Å². The van der Waals surface area contributed by atoms with Crippen molar-refractivity contribution in [3.05, 3.63) is 98.4 Å². The monoisotopic (exact) mass is 491 g/mol. The second kappa shape index (κ2) is 9.00. The SMILES string of the molecule is CCOc1cc([C@@H]2c3c(oc4ccc(Cl)cc4c3=O)C(=O)N2Cc2ccc(OC)cc2)ccc1O. The molecule has 0 unspecified atom stereocenters. The molecular weight excluding hydrogens is 470 g/mol. The zero-order valence-electron chi connectivity index (χ0n) is 19.1. The number of amides is 1. The zero-order valence-corrected chi connectivity index (χ0v) is 19.8. The number of methoxy groups -OCH3 is 1. The van der Waals surface area contributed by atoms with Gasteiger partial charge in [-0.15, -0.1) is 0 Å². The van der Waals surface area contributed by atoms with Crippen molar-refractivity contribution in [2.45, 2.75) is 19.5 Å². The van der Waals surface area contributed by atoms with E-state index in [9.17, 15) is 14.7 Å². The molecule has 1 aliphatic rings. The molecular formula is C27H22ClNO6. The lowest BCUT2D eigenvalue weighted by molar-refractivity contribution is 0.0714. The highest BCUT2D eigenvalue weighted by Gasteiger charge is 2.43. The van der Waals surface area contributed by atoms with Crippen LogP contribution in [0.1, 0.15) is 40.2 Å². The third-order valence-electron chi connectivity index (χ3n) is 6.04. The number of hydrogen-bond donors (Lipinski definition) is 1. The van der Waals surface area contributed by atoms with Gasteiger partial charge < -0.3 is 23.9 Å². The van der Waals surface area contributed by atoms with E-state index in [-0.39, 0.29) is 40.4 Å². The van der Waals surface area contributed by atoms with E-state index in [4.69, 9.17) is 25.5 Å². The maximum atomic E-state index is 13.7. The summed E-state index contributed by atoms with van der Waals surface area (Å²) >= 11 is 6.14. The highest BCUT2D eigenvalue weighted by atomic mass is 35.5. The number of ether oxygens (including phenoxy) is 2. The minimum Gasteiger partial charge on any atom is -0.504 e. The Bertz CT molecular complexity index is 1490. The number of carbonyl (C=O) groups excluding carboxylic acids is 1. The number of carbonyl (C=O) groups is 1. The molecule has 35 heavy (non-hydrogen) atoms. The first-order valence-corrected chi connectivity index (χ1v) is 11.4. The number of aromatic hydroxyl groups is 1. The Morgan fingerprint density at radius 3 is 2.54 bits per heavy atom. The number of benzene rings is 3. The van der Waals surface area contributed by atoms with Gasteiger partial charge >= 0.3 is 0 Å². The van der Waals surface area contributed by atoms with Gasteiger partial charge in [-0.05, 0) is 60.5 Å². The van der Waals surface area contributed by atoms with Crippen molar-refractivity contribution in [2.24, 2.45) is 0 Å². The lowest BCUT2D eigenvalue weighted by atomic mass is 9.97. The average Bonchev–Trinajstić information content (AvgIpc) is 3.13. The van der Waals surface area contributed by atoms with Gasteiger partial charge in [-0.2, -0.15) is 0 Å². The Morgan fingerprint density at radius 1 is 1.06 bits per heavy atom. The van der Waals surface area contributed by atoms with Gasteiger partial charge in [-0.25, -0.2) is 0 Å². The van der Waals surface area contributed by atoms with Crippen LogP contribution in [0, 0.1) is 0 Å². The highest BCUT2D eigenvalue weighted by molar-refractivity contribution is 6.31. The summed E-state index contributed by atoms with van der Waals surface area (Å²) in [5, 5.41) is 10.9. The van der Waals surface area contributed by atoms with E-state index >= 15 is 0 Å². The lowest BCUT2D eigenvalue weighted by Crippen LogP contribution is -2.29. The summed E-state index contributed by atoms with van der Waals surface area (Å²) < 4.78 is 16.8. The van der Waals surface area contributed by atoms with E-state index in [1.54, 1.807) is 49.3 Å². The van der Waals surface area contributed by atoms with E-state index in [0.29, 0.717) is 28.3 Å². The Labute approximate surface area is 206 Å². The molecule has 5 rings (SSSR count). The molecule has 4 aromatic rings. The van der Waals surface area contributed by atoms with Crippen molar-refractivity contribution >= 4 is 28.5 Å². The van der Waals surface area contributed by atoms with Crippen molar-refractivity contribution in [3.8, 4) is 17.2 Å². The molecule has 0 spiro atoms. The Kier molecular flexibility index (Phi) is 5.86. The summed E-state index contributed by atoms with van der Waals surface area (Å²) in [6.07, 6.45) is 0. The lowest BCUT2D eigenvalue weighted by Gasteiger charge is -2.26. The standard InChI is InChI=1S/C27H22ClNO6/c1-3-34-22-12-16(6-10-20(22)30)24-23-25(31)19-13-17(28)7-11-21(19)35-26(23)27(32)29(24)14-15-4-8-18(33-2)9-5-15/h4-13,24,30H,3,14H2,1-2H3/t24-/m1/s1. The number of phenols is 1. The maximum absolute atomic E-state index is 13.7. The summed E-state index contributed by atoms with van der Waals surface area (Å²) in [6, 6.07) is 16.1. The van der Waals surface area contributed by atoms with E-state index in [2.05, 4.69) is 0 Å². The minimum absolute atomic E-state index is 0.00521. The number of nitrogens with zero attached hydrogens (tertiary/aromatic N) is 1. The number of phenolic OH excluding ortho intramolecular Hbond substituents is 1. The Morgan fingerprint density at radius 2 is 1.83 bits per heavy atom. The third-order valence-corrected chi connectivity index (χ3v) is 6.27. The van der Waals surface area contributed by atoms with E-state index < -0.39 is 11.9 Å². The van der Waals surface area contributed by atoms with Gasteiger partial charge in [0.15, 0.2) is 16.9 Å². The molecule has 1 N–H and O–H groups in total. The molecule has 1 atom stereocenters. The van der Waals surface area contributed by atoms with Gasteiger partial charge in [0.2, 0.25) is 5.76 Å². The van der Waals surface area contributed by atoms with Crippen LogP contribution in [0.15, 0.2) is 69.9 Å². The third kappa shape index (κ3) is 3.98. The number of halogens is 1. The van der Waals surface area contributed by atoms with Crippen molar-refractivity contribution < 1.29 is 23.8 Å². The van der Waals surface area contributed by atoms with Crippen molar-refractivity contribution in [1.29, 1.82) is 0 Å². The van der Waals surface area contributed by atoms with Crippen LogP contribution in [0.5, 0.6) is 17.2 Å². The molecule has 0 radical (unpaired) electrons. The van der Waals surface area contributed by atoms with Gasteiger partial charge in [-0.3, -0.25) is 9.59 Å². The van der Waals surface area contributed by atoms with Gasteiger partial charge in [0.1, 0.15) is 11.3 Å². The molecule has 1 amide bonds. The molecule has 0 bridgehead atoms. The molecule has 1 aliphatic heterocycles. The molecule has 178 valence electrons. The van der Waals surface area contributed by atoms with Crippen molar-refractivity contribution in [2.75, 3.05) is 13.7 Å². The Hall–Kier alpha value is -3.97. The molecule has 0 aliphatic carbocycles. The van der Waals surface area contributed by atoms with Crippen LogP contribution in [-0.2, 0) is 6.54 Å². The van der Waals surface area contributed by atoms with Crippen LogP contribution < -0.4 is 14.9 Å². The maximum Gasteiger partial charge on any atom is 0.291 e. The minimum atomic E-state index is -0.751. The summed E-state index contributed by atoms with van der Waals surface area (Å²) in [5.41, 5.74) is 1.65. The number of fused-ring (bicyclic) bond motifs is 2. The Balaban J connectivity index is 1.70. The second-order valence-electron chi connectivity index (χ2n) is 8.16. The molecule has 2 heterocycles. The predicted octanol–water partition coefficient (Wildman–Crippen LogP) is 5.30. The molecule has 8 heteroatoms. The molecule has 0 fully saturated rings. The second-order valence-corrected chi connectivity index (χ2v) is 8.59. The van der Waals surface area contributed by atoms with Crippen LogP contribution in [0.25, 0.3) is 11.0 Å². The van der Waals surface area contributed by atoms with Gasteiger partial charge in [0.05, 0.1) is 30.7 Å². The first-order valence-electron chi connectivity index (χ1n) is 11.1. The summed E-state index contributed by atoms with van der Waals surface area (Å²) in [7, 11) is 1.58. The van der Waals surface area contributed by atoms with Crippen LogP contribution in [0.4, 0.5) is 0 Å². The molecule has 0 saturated carbocycles. The van der Waals surface area contributed by atoms with Crippen LogP contribution >= 0.6 is 11.6 Å². The van der Waals surface area contributed by atoms with Gasteiger partial charge in [0, 0.05) is 11.6 Å². The smallest absolute Gasteiger partial charge is 0.291 e. The molecule has 7 nitrogen and oxygen atoms in total. The first-order chi connectivity index (χ1) is 16.9. The van der Waals surface area contributed by atoms with Crippen LogP contribution in [0.2, 0.25) is 5.02 Å². The quantitative estimate of drug-likeness (QED) is 0.393. The van der Waals surface area contributed by atoms with Gasteiger partial charge in [-0.1, -0.05) is 29.8 Å². The summed E-state index contributed by atoms with van der Waals surface area (Å²) in [6.45, 7) is 2.37. The van der Waals surface area contributed by atoms with Crippen molar-refractivity contribution in [1.82, 2.24) is 4.90 Å². The fourth-order valence-corrected chi connectivity index (χ4v) is 4.57. The summed E-state index contributed by atoms with van der Waals surface area (Å²) in [4.78, 5) is 28.9. The summed E-state index contributed by atoms with van der Waals surface area (Å²) in [5.74, 6) is 0.527. The average molecular weight is 492 g/mol. The highest BCUT2D eigenvalue weighted by Crippen LogP contribution is 2.41. The van der Waals surface area contributed by atoms with E-state index in [1.807, 2.05) is 24.3 Å². The normalized spacial score (nSPS) is 14.9.